The third-order valence-corrected chi connectivity index (χ3v) is 4.00. The summed E-state index contributed by atoms with van der Waals surface area (Å²) in [5, 5.41) is 7.25. The summed E-state index contributed by atoms with van der Waals surface area (Å²) in [7, 11) is 0. The van der Waals surface area contributed by atoms with Gasteiger partial charge in [-0.15, -0.1) is 0 Å². The molecule has 1 aliphatic heterocycles. The maximum Gasteiger partial charge on any atom is 0.199 e. The van der Waals surface area contributed by atoms with E-state index >= 15 is 0 Å². The summed E-state index contributed by atoms with van der Waals surface area (Å²) >= 11 is 5.40. The number of ether oxygens (including phenoxy) is 2. The molecule has 0 saturated heterocycles. The zero-order valence-corrected chi connectivity index (χ0v) is 13.2. The number of aromatic amines is 1. The molecular formula is C17H15N3O2S. The number of rotatable bonds is 3. The van der Waals surface area contributed by atoms with Crippen LogP contribution in [-0.2, 0) is 6.42 Å². The van der Waals surface area contributed by atoms with E-state index in [-0.39, 0.29) is 0 Å². The van der Waals surface area contributed by atoms with Gasteiger partial charge in [0.1, 0.15) is 19.0 Å². The molecule has 5 nitrogen and oxygen atoms in total. The SMILES string of the molecule is S=c1[nH]nc(Cc2ccccc2)n1-c1ccc2c(c1)OCCO2. The molecule has 0 saturated carbocycles. The van der Waals surface area contributed by atoms with Crippen molar-refractivity contribution in [2.75, 3.05) is 13.2 Å². The molecule has 0 spiro atoms. The Morgan fingerprint density at radius 3 is 2.65 bits per heavy atom. The first-order valence-corrected chi connectivity index (χ1v) is 7.82. The number of hydrogen-bond donors (Lipinski definition) is 1. The number of hydrogen-bond acceptors (Lipinski definition) is 4. The van der Waals surface area contributed by atoms with Crippen molar-refractivity contribution in [3.05, 3.63) is 64.7 Å². The Labute approximate surface area is 138 Å². The molecule has 2 aromatic carbocycles. The molecule has 2 heterocycles. The van der Waals surface area contributed by atoms with E-state index in [4.69, 9.17) is 21.7 Å². The van der Waals surface area contributed by atoms with E-state index in [1.807, 2.05) is 41.0 Å². The van der Waals surface area contributed by atoms with Gasteiger partial charge in [-0.3, -0.25) is 9.67 Å². The molecule has 0 fully saturated rings. The summed E-state index contributed by atoms with van der Waals surface area (Å²) in [5.74, 6) is 2.36. The van der Waals surface area contributed by atoms with Crippen LogP contribution < -0.4 is 9.47 Å². The van der Waals surface area contributed by atoms with Crippen LogP contribution in [0.1, 0.15) is 11.4 Å². The first-order chi connectivity index (χ1) is 11.3. The van der Waals surface area contributed by atoms with Crippen LogP contribution in [0.4, 0.5) is 0 Å². The van der Waals surface area contributed by atoms with Crippen molar-refractivity contribution in [3.8, 4) is 17.2 Å². The Morgan fingerprint density at radius 2 is 1.83 bits per heavy atom. The smallest absolute Gasteiger partial charge is 0.199 e. The molecule has 3 aromatic rings. The number of fused-ring (bicyclic) bond motifs is 1. The highest BCUT2D eigenvalue weighted by molar-refractivity contribution is 7.71. The van der Waals surface area contributed by atoms with Gasteiger partial charge in [0, 0.05) is 12.5 Å². The lowest BCUT2D eigenvalue weighted by Crippen LogP contribution is -2.15. The quantitative estimate of drug-likeness (QED) is 0.751. The summed E-state index contributed by atoms with van der Waals surface area (Å²) in [6.45, 7) is 1.14. The van der Waals surface area contributed by atoms with Gasteiger partial charge in [0.25, 0.3) is 0 Å². The normalized spacial score (nSPS) is 13.0. The van der Waals surface area contributed by atoms with Crippen LogP contribution in [0, 0.1) is 4.77 Å². The Bertz CT molecular complexity index is 886. The Balaban J connectivity index is 1.74. The predicted molar refractivity (Wildman–Crippen MR) is 89.0 cm³/mol. The molecule has 1 aliphatic rings. The summed E-state index contributed by atoms with van der Waals surface area (Å²) in [6, 6.07) is 16.0. The molecule has 1 aromatic heterocycles. The molecule has 0 aliphatic carbocycles. The average Bonchev–Trinajstić information content (AvgIpc) is 2.96. The Morgan fingerprint density at radius 1 is 1.04 bits per heavy atom. The van der Waals surface area contributed by atoms with Gasteiger partial charge in [-0.05, 0) is 29.9 Å². The summed E-state index contributed by atoms with van der Waals surface area (Å²) in [4.78, 5) is 0. The van der Waals surface area contributed by atoms with Gasteiger partial charge < -0.3 is 9.47 Å². The molecule has 116 valence electrons. The van der Waals surface area contributed by atoms with Gasteiger partial charge in [-0.1, -0.05) is 30.3 Å². The minimum atomic E-state index is 0.560. The lowest BCUT2D eigenvalue weighted by molar-refractivity contribution is 0.171. The van der Waals surface area contributed by atoms with E-state index in [9.17, 15) is 0 Å². The van der Waals surface area contributed by atoms with Crippen LogP contribution in [0.5, 0.6) is 11.5 Å². The summed E-state index contributed by atoms with van der Waals surface area (Å²) < 4.78 is 13.7. The average molecular weight is 325 g/mol. The maximum absolute atomic E-state index is 5.66. The second-order valence-corrected chi connectivity index (χ2v) is 5.66. The van der Waals surface area contributed by atoms with E-state index in [1.54, 1.807) is 0 Å². The zero-order valence-electron chi connectivity index (χ0n) is 12.4. The standard InChI is InChI=1S/C17H15N3O2S/c23-17-19-18-16(10-12-4-2-1-3-5-12)20(17)13-6-7-14-15(11-13)22-9-8-21-14/h1-7,11H,8-10H2,(H,19,23). The van der Waals surface area contributed by atoms with Crippen LogP contribution in [0.15, 0.2) is 48.5 Å². The highest BCUT2D eigenvalue weighted by Crippen LogP contribution is 2.32. The largest absolute Gasteiger partial charge is 0.486 e. The number of benzene rings is 2. The van der Waals surface area contributed by atoms with E-state index in [1.165, 1.54) is 5.56 Å². The molecule has 6 heteroatoms. The van der Waals surface area contributed by atoms with Crippen molar-refractivity contribution in [1.82, 2.24) is 14.8 Å². The topological polar surface area (TPSA) is 52.1 Å². The number of H-pyrrole nitrogens is 1. The summed E-state index contributed by atoms with van der Waals surface area (Å²) in [6.07, 6.45) is 0.697. The monoisotopic (exact) mass is 325 g/mol. The Hall–Kier alpha value is -2.60. The Kier molecular flexibility index (Phi) is 3.59. The highest BCUT2D eigenvalue weighted by Gasteiger charge is 2.15. The van der Waals surface area contributed by atoms with Crippen molar-refractivity contribution in [2.24, 2.45) is 0 Å². The second-order valence-electron chi connectivity index (χ2n) is 5.27. The van der Waals surface area contributed by atoms with E-state index in [2.05, 4.69) is 22.3 Å². The zero-order chi connectivity index (χ0) is 15.6. The highest BCUT2D eigenvalue weighted by atomic mass is 32.1. The molecule has 0 bridgehead atoms. The lowest BCUT2D eigenvalue weighted by Gasteiger charge is -2.19. The molecule has 0 radical (unpaired) electrons. The van der Waals surface area contributed by atoms with Gasteiger partial charge in [0.2, 0.25) is 0 Å². The van der Waals surface area contributed by atoms with Gasteiger partial charge in [-0.2, -0.15) is 5.10 Å². The fourth-order valence-corrected chi connectivity index (χ4v) is 2.92. The fourth-order valence-electron chi connectivity index (χ4n) is 2.66. The van der Waals surface area contributed by atoms with Crippen molar-refractivity contribution in [2.45, 2.75) is 6.42 Å². The number of aromatic nitrogens is 3. The minimum absolute atomic E-state index is 0.560. The number of nitrogens with zero attached hydrogens (tertiary/aromatic N) is 2. The molecule has 0 unspecified atom stereocenters. The fraction of sp³-hybridized carbons (Fsp3) is 0.176. The first-order valence-electron chi connectivity index (χ1n) is 7.41. The molecule has 4 rings (SSSR count). The molecular weight excluding hydrogens is 310 g/mol. The van der Waals surface area contributed by atoms with Gasteiger partial charge in [-0.25, -0.2) is 0 Å². The summed E-state index contributed by atoms with van der Waals surface area (Å²) in [5.41, 5.74) is 2.10. The van der Waals surface area contributed by atoms with Crippen LogP contribution in [0.3, 0.4) is 0 Å². The third kappa shape index (κ3) is 2.73. The third-order valence-electron chi connectivity index (χ3n) is 3.73. The van der Waals surface area contributed by atoms with E-state index in [0.717, 1.165) is 23.0 Å². The van der Waals surface area contributed by atoms with E-state index < -0.39 is 0 Å². The van der Waals surface area contributed by atoms with Crippen molar-refractivity contribution in [1.29, 1.82) is 0 Å². The maximum atomic E-state index is 5.66. The molecule has 0 amide bonds. The van der Waals surface area contributed by atoms with Gasteiger partial charge in [0.05, 0.1) is 5.69 Å². The van der Waals surface area contributed by atoms with E-state index in [0.29, 0.717) is 24.4 Å². The minimum Gasteiger partial charge on any atom is -0.486 e. The van der Waals surface area contributed by atoms with Crippen LogP contribution in [0.2, 0.25) is 0 Å². The lowest BCUT2D eigenvalue weighted by atomic mass is 10.1. The van der Waals surface area contributed by atoms with Gasteiger partial charge in [0.15, 0.2) is 16.3 Å². The van der Waals surface area contributed by atoms with Crippen LogP contribution in [-0.4, -0.2) is 28.0 Å². The van der Waals surface area contributed by atoms with Crippen molar-refractivity contribution in [3.63, 3.8) is 0 Å². The number of nitrogens with one attached hydrogen (secondary N) is 1. The molecule has 0 atom stereocenters. The molecule has 23 heavy (non-hydrogen) atoms. The molecule has 1 N–H and O–H groups in total. The predicted octanol–water partition coefficient (Wildman–Crippen LogP) is 3.29. The van der Waals surface area contributed by atoms with Gasteiger partial charge >= 0.3 is 0 Å². The van der Waals surface area contributed by atoms with Crippen molar-refractivity contribution < 1.29 is 9.47 Å². The van der Waals surface area contributed by atoms with Crippen LogP contribution in [0.25, 0.3) is 5.69 Å². The second kappa shape index (κ2) is 5.89. The first kappa shape index (κ1) is 14.0. The van der Waals surface area contributed by atoms with Crippen LogP contribution >= 0.6 is 12.2 Å². The van der Waals surface area contributed by atoms with Crippen molar-refractivity contribution >= 4 is 12.2 Å².